The number of aliphatic hydroxyl groups excluding tert-OH is 2. The van der Waals surface area contributed by atoms with Crippen LogP contribution < -0.4 is 5.48 Å². The second-order valence-corrected chi connectivity index (χ2v) is 2.79. The Morgan fingerprint density at radius 2 is 2.08 bits per heavy atom. The zero-order valence-electron chi connectivity index (χ0n) is 7.11. The van der Waals surface area contributed by atoms with Gasteiger partial charge in [0.1, 0.15) is 11.9 Å². The predicted molar refractivity (Wildman–Crippen MR) is 43.7 cm³/mol. The van der Waals surface area contributed by atoms with Crippen LogP contribution in [0, 0.1) is 0 Å². The van der Waals surface area contributed by atoms with Gasteiger partial charge in [0, 0.05) is 0 Å². The van der Waals surface area contributed by atoms with Crippen molar-refractivity contribution in [2.75, 3.05) is 0 Å². The smallest absolute Gasteiger partial charge is 0.129 e. The maximum Gasteiger partial charge on any atom is 0.129 e. The van der Waals surface area contributed by atoms with Gasteiger partial charge in [-0.2, -0.15) is 0 Å². The second kappa shape index (κ2) is 3.60. The molecule has 4 heteroatoms. The quantitative estimate of drug-likeness (QED) is 0.549. The summed E-state index contributed by atoms with van der Waals surface area (Å²) in [4.78, 5) is 4.93. The Morgan fingerprint density at radius 3 is 2.50 bits per heavy atom. The van der Waals surface area contributed by atoms with Crippen molar-refractivity contribution in [3.63, 3.8) is 0 Å². The van der Waals surface area contributed by atoms with Gasteiger partial charge in [0.25, 0.3) is 0 Å². The summed E-state index contributed by atoms with van der Waals surface area (Å²) in [5.74, 6) is 0.719. The minimum Gasteiger partial charge on any atom is -0.390 e. The first-order valence-electron chi connectivity index (χ1n) is 3.78. The van der Waals surface area contributed by atoms with Gasteiger partial charge in [0.15, 0.2) is 0 Å². The van der Waals surface area contributed by atoms with Gasteiger partial charge < -0.3 is 15.1 Å². The average molecular weight is 171 g/mol. The molecule has 0 aromatic rings. The van der Waals surface area contributed by atoms with E-state index in [9.17, 15) is 5.11 Å². The number of allylic oxidation sites excluding steroid dienone is 3. The summed E-state index contributed by atoms with van der Waals surface area (Å²) < 4.78 is 0. The molecule has 4 nitrogen and oxygen atoms in total. The van der Waals surface area contributed by atoms with Gasteiger partial charge >= 0.3 is 0 Å². The predicted octanol–water partition coefficient (Wildman–Crippen LogP) is 0.0506. The summed E-state index contributed by atoms with van der Waals surface area (Å²) in [6, 6.07) is 0. The summed E-state index contributed by atoms with van der Waals surface area (Å²) in [6.07, 6.45) is 1.67. The number of hydroxylamine groups is 1. The molecule has 3 N–H and O–H groups in total. The van der Waals surface area contributed by atoms with E-state index in [0.717, 1.165) is 5.76 Å². The Balaban J connectivity index is 2.65. The number of rotatable bonds is 2. The number of hydrogen-bond acceptors (Lipinski definition) is 4. The summed E-state index contributed by atoms with van der Waals surface area (Å²) >= 11 is 0. The summed E-state index contributed by atoms with van der Waals surface area (Å²) in [5.41, 5.74) is 3.00. The van der Waals surface area contributed by atoms with E-state index in [2.05, 4.69) is 5.48 Å². The van der Waals surface area contributed by atoms with Gasteiger partial charge in [-0.3, -0.25) is 0 Å². The summed E-state index contributed by atoms with van der Waals surface area (Å²) in [5, 5.41) is 18.4. The van der Waals surface area contributed by atoms with Gasteiger partial charge in [0.05, 0.1) is 11.8 Å². The monoisotopic (exact) mass is 171 g/mol. The minimum absolute atomic E-state index is 0.468. The molecule has 0 aromatic carbocycles. The Morgan fingerprint density at radius 1 is 1.42 bits per heavy atom. The van der Waals surface area contributed by atoms with E-state index in [0.29, 0.717) is 5.70 Å². The third kappa shape index (κ3) is 1.99. The van der Waals surface area contributed by atoms with Gasteiger partial charge in [-0.1, -0.05) is 0 Å². The van der Waals surface area contributed by atoms with E-state index in [1.165, 1.54) is 6.92 Å². The fraction of sp³-hybridized carbons (Fsp3) is 0.500. The standard InChI is InChI=1S/C8H13NO3/c1-5-3-4-7(9-12-5)8(11)6(2)10/h3-4,6,8-11H,1-2H3. The van der Waals surface area contributed by atoms with Crippen molar-refractivity contribution in [1.29, 1.82) is 0 Å². The van der Waals surface area contributed by atoms with Crippen LogP contribution in [0.4, 0.5) is 0 Å². The molecule has 1 heterocycles. The molecule has 0 saturated carbocycles. The molecular weight excluding hydrogens is 158 g/mol. The zero-order chi connectivity index (χ0) is 9.14. The molecular formula is C8H13NO3. The molecule has 0 aromatic heterocycles. The van der Waals surface area contributed by atoms with E-state index in [1.54, 1.807) is 19.1 Å². The van der Waals surface area contributed by atoms with Crippen LogP contribution in [-0.4, -0.2) is 22.4 Å². The molecule has 0 spiro atoms. The zero-order valence-corrected chi connectivity index (χ0v) is 7.11. The highest BCUT2D eigenvalue weighted by molar-refractivity contribution is 5.19. The SMILES string of the molecule is CC1=CC=C(C(O)C(C)O)NO1. The molecule has 0 bridgehead atoms. The molecule has 0 amide bonds. The van der Waals surface area contributed by atoms with E-state index in [1.807, 2.05) is 0 Å². The maximum atomic E-state index is 9.35. The second-order valence-electron chi connectivity index (χ2n) is 2.79. The summed E-state index contributed by atoms with van der Waals surface area (Å²) in [7, 11) is 0. The average Bonchev–Trinajstić information content (AvgIpc) is 2.04. The van der Waals surface area contributed by atoms with Crippen LogP contribution in [0.15, 0.2) is 23.6 Å². The highest BCUT2D eigenvalue weighted by Gasteiger charge is 2.18. The third-order valence-electron chi connectivity index (χ3n) is 1.60. The van der Waals surface area contributed by atoms with E-state index in [-0.39, 0.29) is 0 Å². The fourth-order valence-corrected chi connectivity index (χ4v) is 0.833. The molecule has 0 aliphatic carbocycles. The molecule has 1 aliphatic rings. The van der Waals surface area contributed by atoms with Gasteiger partial charge in [-0.05, 0) is 26.0 Å². The van der Waals surface area contributed by atoms with Crippen molar-refractivity contribution >= 4 is 0 Å². The Kier molecular flexibility index (Phi) is 2.73. The Bertz CT molecular complexity index is 220. The molecule has 2 unspecified atom stereocenters. The van der Waals surface area contributed by atoms with E-state index >= 15 is 0 Å². The van der Waals surface area contributed by atoms with Crippen LogP contribution in [0.25, 0.3) is 0 Å². The summed E-state index contributed by atoms with van der Waals surface area (Å²) in [6.45, 7) is 3.30. The lowest BCUT2D eigenvalue weighted by Crippen LogP contribution is -2.33. The minimum atomic E-state index is -0.922. The molecule has 0 radical (unpaired) electrons. The molecule has 2 atom stereocenters. The normalized spacial score (nSPS) is 21.3. The lowest BCUT2D eigenvalue weighted by Gasteiger charge is -2.21. The van der Waals surface area contributed by atoms with Gasteiger partial charge in [0.2, 0.25) is 0 Å². The molecule has 68 valence electrons. The first-order valence-corrected chi connectivity index (χ1v) is 3.78. The highest BCUT2D eigenvalue weighted by Crippen LogP contribution is 2.10. The van der Waals surface area contributed by atoms with Crippen LogP contribution in [0.1, 0.15) is 13.8 Å². The molecule has 1 aliphatic heterocycles. The Labute approximate surface area is 71.1 Å². The van der Waals surface area contributed by atoms with Gasteiger partial charge in [-0.15, -0.1) is 0 Å². The number of nitrogens with one attached hydrogen (secondary N) is 1. The number of aliphatic hydroxyl groups is 2. The van der Waals surface area contributed by atoms with Crippen molar-refractivity contribution in [2.24, 2.45) is 0 Å². The van der Waals surface area contributed by atoms with Crippen LogP contribution in [0.2, 0.25) is 0 Å². The van der Waals surface area contributed by atoms with Crippen molar-refractivity contribution in [1.82, 2.24) is 5.48 Å². The highest BCUT2D eigenvalue weighted by atomic mass is 16.6. The first-order chi connectivity index (χ1) is 5.61. The molecule has 0 saturated heterocycles. The first kappa shape index (κ1) is 9.09. The third-order valence-corrected chi connectivity index (χ3v) is 1.60. The molecule has 12 heavy (non-hydrogen) atoms. The van der Waals surface area contributed by atoms with Crippen LogP contribution in [-0.2, 0) is 4.84 Å². The van der Waals surface area contributed by atoms with Crippen molar-refractivity contribution in [3.8, 4) is 0 Å². The largest absolute Gasteiger partial charge is 0.390 e. The van der Waals surface area contributed by atoms with Crippen molar-refractivity contribution in [3.05, 3.63) is 23.6 Å². The van der Waals surface area contributed by atoms with Crippen LogP contribution >= 0.6 is 0 Å². The number of hydrogen-bond donors (Lipinski definition) is 3. The van der Waals surface area contributed by atoms with Crippen LogP contribution in [0.5, 0.6) is 0 Å². The molecule has 0 fully saturated rings. The van der Waals surface area contributed by atoms with Crippen molar-refractivity contribution in [2.45, 2.75) is 26.1 Å². The van der Waals surface area contributed by atoms with Gasteiger partial charge in [-0.25, -0.2) is 5.48 Å². The fourth-order valence-electron chi connectivity index (χ4n) is 0.833. The topological polar surface area (TPSA) is 61.7 Å². The lowest BCUT2D eigenvalue weighted by molar-refractivity contribution is 0.0242. The lowest BCUT2D eigenvalue weighted by atomic mass is 10.1. The van der Waals surface area contributed by atoms with E-state index in [4.69, 9.17) is 9.94 Å². The van der Waals surface area contributed by atoms with Crippen LogP contribution in [0.3, 0.4) is 0 Å². The van der Waals surface area contributed by atoms with E-state index < -0.39 is 12.2 Å². The Hall–Kier alpha value is -1.00. The molecule has 1 rings (SSSR count). The van der Waals surface area contributed by atoms with Crippen molar-refractivity contribution < 1.29 is 15.1 Å². The maximum absolute atomic E-state index is 9.35.